The van der Waals surface area contributed by atoms with Crippen molar-refractivity contribution in [2.45, 2.75) is 38.0 Å². The summed E-state index contributed by atoms with van der Waals surface area (Å²) in [7, 11) is 0. The number of ether oxygens (including phenoxy) is 1. The lowest BCUT2D eigenvalue weighted by atomic mass is 9.86. The Morgan fingerprint density at radius 3 is 2.69 bits per heavy atom. The molecule has 0 spiro atoms. The molecule has 0 aliphatic carbocycles. The van der Waals surface area contributed by atoms with E-state index >= 15 is 4.39 Å². The van der Waals surface area contributed by atoms with Crippen LogP contribution in [0.4, 0.5) is 22.0 Å². The summed E-state index contributed by atoms with van der Waals surface area (Å²) in [5.41, 5.74) is 1.03. The average molecular weight is 574 g/mol. The van der Waals surface area contributed by atoms with Crippen molar-refractivity contribution in [2.24, 2.45) is 5.92 Å². The molecule has 3 N–H and O–H groups in total. The summed E-state index contributed by atoms with van der Waals surface area (Å²) in [6, 6.07) is 5.76. The largest absolute Gasteiger partial charge is 0.491 e. The van der Waals surface area contributed by atoms with Crippen LogP contribution in [0.1, 0.15) is 36.2 Å². The Kier molecular flexibility index (Phi) is 9.03. The molecule has 3 aromatic rings. The summed E-state index contributed by atoms with van der Waals surface area (Å²) in [6.45, 7) is 1.22. The Balaban J connectivity index is 1.83. The third-order valence-electron chi connectivity index (χ3n) is 6.92. The van der Waals surface area contributed by atoms with Crippen LogP contribution in [0.15, 0.2) is 36.4 Å². The molecule has 1 aliphatic heterocycles. The molecule has 0 unspecified atom stereocenters. The minimum Gasteiger partial charge on any atom is -0.491 e. The van der Waals surface area contributed by atoms with Gasteiger partial charge in [-0.3, -0.25) is 14.1 Å². The van der Waals surface area contributed by atoms with Gasteiger partial charge in [-0.1, -0.05) is 36.7 Å². The number of H-pyrrole nitrogens is 1. The molecule has 212 valence electrons. The third kappa shape index (κ3) is 6.15. The number of alkyl halides is 4. The molecule has 0 bridgehead atoms. The lowest BCUT2D eigenvalue weighted by molar-refractivity contribution is -0.193. The zero-order chi connectivity index (χ0) is 28.3. The van der Waals surface area contributed by atoms with E-state index in [1.54, 1.807) is 24.3 Å². The Labute approximate surface area is 227 Å². The minimum atomic E-state index is -4.74. The number of benzene rings is 2. The van der Waals surface area contributed by atoms with Crippen LogP contribution in [0.2, 0.25) is 5.02 Å². The van der Waals surface area contributed by atoms with E-state index in [1.165, 1.54) is 13.0 Å². The van der Waals surface area contributed by atoms with Gasteiger partial charge < -0.3 is 20.1 Å². The number of nitrogens with zero attached hydrogens (tertiary/aromatic N) is 1. The molecule has 1 aromatic heterocycles. The van der Waals surface area contributed by atoms with E-state index in [0.29, 0.717) is 41.7 Å². The van der Waals surface area contributed by atoms with E-state index in [4.69, 9.17) is 16.3 Å². The molecule has 2 aromatic carbocycles. The fraction of sp³-hybridized carbons (Fsp3) is 0.444. The number of aromatic nitrogens is 1. The maximum absolute atomic E-state index is 15.6. The number of halogens is 6. The van der Waals surface area contributed by atoms with Gasteiger partial charge in [-0.2, -0.15) is 13.2 Å². The highest BCUT2D eigenvalue weighted by atomic mass is 35.5. The second-order valence-electron chi connectivity index (χ2n) is 9.58. The fourth-order valence-corrected chi connectivity index (χ4v) is 5.34. The first-order valence-corrected chi connectivity index (χ1v) is 12.9. The van der Waals surface area contributed by atoms with E-state index in [9.17, 15) is 27.5 Å². The van der Waals surface area contributed by atoms with E-state index in [-0.39, 0.29) is 22.9 Å². The molecular weight excluding hydrogens is 545 g/mol. The van der Waals surface area contributed by atoms with Crippen LogP contribution in [0.3, 0.4) is 0 Å². The van der Waals surface area contributed by atoms with Crippen LogP contribution in [0.5, 0.6) is 5.75 Å². The third-order valence-corrected chi connectivity index (χ3v) is 7.31. The normalized spacial score (nSPS) is 18.7. The van der Waals surface area contributed by atoms with Crippen molar-refractivity contribution in [1.29, 1.82) is 0 Å². The van der Waals surface area contributed by atoms with Crippen LogP contribution < -0.4 is 10.1 Å². The molecule has 4 rings (SSSR count). The summed E-state index contributed by atoms with van der Waals surface area (Å²) in [5, 5.41) is 12.9. The van der Waals surface area contributed by atoms with Gasteiger partial charge in [-0.05, 0) is 43.1 Å². The number of rotatable bonds is 11. The zero-order valence-electron chi connectivity index (χ0n) is 21.1. The molecule has 12 heteroatoms. The van der Waals surface area contributed by atoms with Gasteiger partial charge in [-0.15, -0.1) is 0 Å². The van der Waals surface area contributed by atoms with Crippen LogP contribution in [-0.4, -0.2) is 66.1 Å². The maximum atomic E-state index is 15.6. The van der Waals surface area contributed by atoms with Crippen LogP contribution in [0.25, 0.3) is 10.9 Å². The van der Waals surface area contributed by atoms with Crippen molar-refractivity contribution >= 4 is 28.5 Å². The molecule has 0 fully saturated rings. The molecule has 2 heterocycles. The number of hydrogen-bond donors (Lipinski definition) is 3. The Morgan fingerprint density at radius 2 is 2.00 bits per heavy atom. The predicted octanol–water partition coefficient (Wildman–Crippen LogP) is 5.89. The molecule has 0 saturated carbocycles. The molecule has 39 heavy (non-hydrogen) atoms. The monoisotopic (exact) mass is 573 g/mol. The molecule has 1 aliphatic rings. The van der Waals surface area contributed by atoms with Gasteiger partial charge in [0.1, 0.15) is 24.2 Å². The van der Waals surface area contributed by atoms with Crippen molar-refractivity contribution in [2.75, 3.05) is 32.9 Å². The number of nitrogens with one attached hydrogen (secondary N) is 2. The van der Waals surface area contributed by atoms with Crippen molar-refractivity contribution in [3.05, 3.63) is 64.1 Å². The lowest BCUT2D eigenvalue weighted by Crippen LogP contribution is -2.54. The van der Waals surface area contributed by atoms with Gasteiger partial charge in [0.25, 0.3) is 0 Å². The minimum absolute atomic E-state index is 0.0679. The van der Waals surface area contributed by atoms with Crippen molar-refractivity contribution in [3.8, 4) is 5.75 Å². The zero-order valence-corrected chi connectivity index (χ0v) is 21.9. The van der Waals surface area contributed by atoms with Crippen LogP contribution in [-0.2, 0) is 11.2 Å². The summed E-state index contributed by atoms with van der Waals surface area (Å²) in [5.74, 6) is -3.24. The highest BCUT2D eigenvalue weighted by Gasteiger charge is 2.51. The van der Waals surface area contributed by atoms with Crippen molar-refractivity contribution < 1.29 is 36.6 Å². The first-order valence-electron chi connectivity index (χ1n) is 12.6. The van der Waals surface area contributed by atoms with Crippen molar-refractivity contribution in [1.82, 2.24) is 15.2 Å². The molecule has 0 radical (unpaired) electrons. The topological polar surface area (TPSA) is 77.6 Å². The van der Waals surface area contributed by atoms with Gasteiger partial charge >= 0.3 is 12.1 Å². The molecular formula is C27H29ClF5N3O3. The van der Waals surface area contributed by atoms with Crippen LogP contribution in [0, 0.1) is 11.7 Å². The molecule has 0 amide bonds. The van der Waals surface area contributed by atoms with E-state index < -0.39 is 55.6 Å². The predicted molar refractivity (Wildman–Crippen MR) is 138 cm³/mol. The van der Waals surface area contributed by atoms with Crippen molar-refractivity contribution in [3.63, 3.8) is 0 Å². The number of aliphatic carboxylic acids is 1. The first kappa shape index (κ1) is 29.1. The number of aromatic amines is 1. The average Bonchev–Trinajstić information content (AvgIpc) is 3.25. The SMILES string of the molecule is C[C@@H](CN1[C@H](c2c(F)ccc(OCCNCCCF)c2Cl)c2[nH]c3ccccc3c2C[C@H]1C(F)(F)F)C(=O)O. The molecule has 3 atom stereocenters. The Morgan fingerprint density at radius 1 is 1.26 bits per heavy atom. The summed E-state index contributed by atoms with van der Waals surface area (Å²) >= 11 is 6.63. The fourth-order valence-electron chi connectivity index (χ4n) is 5.03. The number of carboxylic acid groups (broad SMARTS) is 1. The lowest BCUT2D eigenvalue weighted by Gasteiger charge is -2.44. The Hall–Kier alpha value is -2.89. The second-order valence-corrected chi connectivity index (χ2v) is 9.96. The van der Waals surface area contributed by atoms with Gasteiger partial charge in [0, 0.05) is 35.2 Å². The van der Waals surface area contributed by atoms with E-state index in [1.807, 2.05) is 0 Å². The molecule has 0 saturated heterocycles. The maximum Gasteiger partial charge on any atom is 0.404 e. The van der Waals surface area contributed by atoms with Gasteiger partial charge in [-0.25, -0.2) is 4.39 Å². The Bertz CT molecular complexity index is 1320. The number of carbonyl (C=O) groups is 1. The smallest absolute Gasteiger partial charge is 0.404 e. The summed E-state index contributed by atoms with van der Waals surface area (Å²) in [4.78, 5) is 15.8. The van der Waals surface area contributed by atoms with Crippen LogP contribution >= 0.6 is 11.6 Å². The molecule has 6 nitrogen and oxygen atoms in total. The standard InChI is InChI=1S/C27H29ClF5N3O3/c1-15(26(37)38)14-36-21(27(31,32)33)13-17-16-5-2-3-6-19(16)35-24(17)25(36)22-18(30)7-8-20(23(22)28)39-12-11-34-10-4-9-29/h2-3,5-8,15,21,25,34-35H,4,9-14H2,1H3,(H,37,38)/t15-,21-,25+/m0/s1. The van der Waals surface area contributed by atoms with E-state index in [0.717, 1.165) is 11.0 Å². The highest BCUT2D eigenvalue weighted by molar-refractivity contribution is 6.33. The van der Waals surface area contributed by atoms with Gasteiger partial charge in [0.05, 0.1) is 23.7 Å². The number of hydrogen-bond acceptors (Lipinski definition) is 4. The first-order chi connectivity index (χ1) is 18.5. The summed E-state index contributed by atoms with van der Waals surface area (Å²) in [6.07, 6.45) is -4.85. The summed E-state index contributed by atoms with van der Waals surface area (Å²) < 4.78 is 77.1. The highest BCUT2D eigenvalue weighted by Crippen LogP contribution is 2.48. The van der Waals surface area contributed by atoms with Gasteiger partial charge in [0.2, 0.25) is 0 Å². The second kappa shape index (κ2) is 12.1. The van der Waals surface area contributed by atoms with E-state index in [2.05, 4.69) is 10.3 Å². The number of carboxylic acids is 1. The number of fused-ring (bicyclic) bond motifs is 3. The quantitative estimate of drug-likeness (QED) is 0.197. The number of para-hydroxylation sites is 1. The van der Waals surface area contributed by atoms with Gasteiger partial charge in [0.15, 0.2) is 0 Å².